The molecular formula is C18H27F3N4O2. The molecular weight excluding hydrogens is 361 g/mol. The molecule has 0 atom stereocenters. The molecule has 0 aromatic carbocycles. The molecule has 0 aliphatic carbocycles. The number of nitrogens with two attached hydrogens (primary N) is 1. The maximum atomic E-state index is 12.7. The molecule has 6 nitrogen and oxygen atoms in total. The zero-order valence-electron chi connectivity index (χ0n) is 16.2. The molecule has 1 amide bonds. The molecule has 27 heavy (non-hydrogen) atoms. The average Bonchev–Trinajstić information content (AvgIpc) is 2.52. The Hall–Kier alpha value is -2.06. The highest BCUT2D eigenvalue weighted by Crippen LogP contribution is 2.30. The number of amides is 1. The maximum Gasteiger partial charge on any atom is 0.451 e. The number of rotatable bonds is 3. The zero-order chi connectivity index (χ0) is 20.4. The minimum Gasteiger partial charge on any atom is -0.444 e. The highest BCUT2D eigenvalue weighted by atomic mass is 19.4. The SMILES string of the molecule is Cc1nc(C(F)(F)F)nc(N)c1CCC1CCN(C(=O)OC(C)(C)C)CC1. The van der Waals surface area contributed by atoms with Crippen molar-refractivity contribution in [3.8, 4) is 0 Å². The first-order valence-electron chi connectivity index (χ1n) is 9.05. The average molecular weight is 388 g/mol. The van der Waals surface area contributed by atoms with Gasteiger partial charge >= 0.3 is 12.3 Å². The summed E-state index contributed by atoms with van der Waals surface area (Å²) in [6.45, 7) is 8.23. The van der Waals surface area contributed by atoms with Crippen molar-refractivity contribution >= 4 is 11.9 Å². The molecule has 0 radical (unpaired) electrons. The molecule has 1 aromatic heterocycles. The third-order valence-electron chi connectivity index (χ3n) is 4.57. The van der Waals surface area contributed by atoms with Crippen LogP contribution < -0.4 is 5.73 Å². The largest absolute Gasteiger partial charge is 0.451 e. The minimum atomic E-state index is -4.61. The molecule has 9 heteroatoms. The monoisotopic (exact) mass is 388 g/mol. The Morgan fingerprint density at radius 3 is 2.30 bits per heavy atom. The van der Waals surface area contributed by atoms with Gasteiger partial charge in [-0.05, 0) is 59.3 Å². The first kappa shape index (κ1) is 21.2. The predicted molar refractivity (Wildman–Crippen MR) is 95.0 cm³/mol. The van der Waals surface area contributed by atoms with Gasteiger partial charge < -0.3 is 15.4 Å². The van der Waals surface area contributed by atoms with Crippen LogP contribution in [0.3, 0.4) is 0 Å². The first-order valence-corrected chi connectivity index (χ1v) is 9.05. The summed E-state index contributed by atoms with van der Waals surface area (Å²) in [4.78, 5) is 20.7. The molecule has 2 rings (SSSR count). The van der Waals surface area contributed by atoms with E-state index in [1.807, 2.05) is 20.8 Å². The molecule has 0 bridgehead atoms. The molecule has 1 aromatic rings. The van der Waals surface area contributed by atoms with Crippen molar-refractivity contribution in [3.05, 3.63) is 17.1 Å². The summed E-state index contributed by atoms with van der Waals surface area (Å²) < 4.78 is 43.6. The molecule has 0 spiro atoms. The van der Waals surface area contributed by atoms with Crippen LogP contribution in [0.2, 0.25) is 0 Å². The summed E-state index contributed by atoms with van der Waals surface area (Å²) in [5.41, 5.74) is 6.04. The van der Waals surface area contributed by atoms with Gasteiger partial charge in [-0.25, -0.2) is 14.8 Å². The van der Waals surface area contributed by atoms with Crippen molar-refractivity contribution in [1.82, 2.24) is 14.9 Å². The van der Waals surface area contributed by atoms with Crippen LogP contribution in [-0.2, 0) is 17.3 Å². The van der Waals surface area contributed by atoms with Crippen LogP contribution in [-0.4, -0.2) is 39.7 Å². The fourth-order valence-electron chi connectivity index (χ4n) is 3.13. The fraction of sp³-hybridized carbons (Fsp3) is 0.722. The van der Waals surface area contributed by atoms with E-state index in [2.05, 4.69) is 9.97 Å². The van der Waals surface area contributed by atoms with E-state index in [1.54, 1.807) is 4.90 Å². The maximum absolute atomic E-state index is 12.7. The number of carbonyl (C=O) groups is 1. The summed E-state index contributed by atoms with van der Waals surface area (Å²) in [6.07, 6.45) is -1.99. The van der Waals surface area contributed by atoms with Crippen molar-refractivity contribution in [1.29, 1.82) is 0 Å². The Morgan fingerprint density at radius 2 is 1.81 bits per heavy atom. The molecule has 152 valence electrons. The van der Waals surface area contributed by atoms with Crippen LogP contribution >= 0.6 is 0 Å². The van der Waals surface area contributed by atoms with Gasteiger partial charge in [-0.1, -0.05) is 0 Å². The zero-order valence-corrected chi connectivity index (χ0v) is 16.2. The minimum absolute atomic E-state index is 0.110. The topological polar surface area (TPSA) is 81.3 Å². The molecule has 1 saturated heterocycles. The van der Waals surface area contributed by atoms with Gasteiger partial charge in [0.2, 0.25) is 5.82 Å². The Balaban J connectivity index is 1.89. The van der Waals surface area contributed by atoms with Crippen LogP contribution in [0.4, 0.5) is 23.8 Å². The van der Waals surface area contributed by atoms with Crippen LogP contribution in [0, 0.1) is 12.8 Å². The van der Waals surface area contributed by atoms with E-state index >= 15 is 0 Å². The summed E-state index contributed by atoms with van der Waals surface area (Å²) in [5.74, 6) is -0.947. The Morgan fingerprint density at radius 1 is 1.22 bits per heavy atom. The van der Waals surface area contributed by atoms with Crippen LogP contribution in [0.1, 0.15) is 57.1 Å². The second-order valence-electron chi connectivity index (χ2n) is 7.94. The second-order valence-corrected chi connectivity index (χ2v) is 7.94. The molecule has 2 heterocycles. The molecule has 1 fully saturated rings. The molecule has 2 N–H and O–H groups in total. The lowest BCUT2D eigenvalue weighted by Crippen LogP contribution is -2.41. The number of hydrogen-bond acceptors (Lipinski definition) is 5. The highest BCUT2D eigenvalue weighted by molar-refractivity contribution is 5.68. The van der Waals surface area contributed by atoms with Gasteiger partial charge in [-0.2, -0.15) is 13.2 Å². The van der Waals surface area contributed by atoms with Crippen molar-refractivity contribution in [2.24, 2.45) is 5.92 Å². The lowest BCUT2D eigenvalue weighted by atomic mass is 9.90. The van der Waals surface area contributed by atoms with Gasteiger partial charge in [0.15, 0.2) is 0 Å². The number of hydrogen-bond donors (Lipinski definition) is 1. The number of nitrogen functional groups attached to an aromatic ring is 1. The summed E-state index contributed by atoms with van der Waals surface area (Å²) in [7, 11) is 0. The Kier molecular flexibility index (Phi) is 6.21. The van der Waals surface area contributed by atoms with Crippen molar-refractivity contribution in [3.63, 3.8) is 0 Å². The Labute approximate surface area is 157 Å². The predicted octanol–water partition coefficient (Wildman–Crippen LogP) is 3.97. The number of likely N-dealkylation sites (tertiary alicyclic amines) is 1. The van der Waals surface area contributed by atoms with E-state index in [0.717, 1.165) is 19.3 Å². The summed E-state index contributed by atoms with van der Waals surface area (Å²) in [5, 5.41) is 0. The number of halogens is 3. The highest BCUT2D eigenvalue weighted by Gasteiger charge is 2.35. The smallest absolute Gasteiger partial charge is 0.444 e. The van der Waals surface area contributed by atoms with Crippen LogP contribution in [0.25, 0.3) is 0 Å². The number of anilines is 1. The third-order valence-corrected chi connectivity index (χ3v) is 4.57. The van der Waals surface area contributed by atoms with Gasteiger partial charge in [0.1, 0.15) is 11.4 Å². The van der Waals surface area contributed by atoms with Gasteiger partial charge in [-0.15, -0.1) is 0 Å². The van der Waals surface area contributed by atoms with Crippen LogP contribution in [0.15, 0.2) is 0 Å². The van der Waals surface area contributed by atoms with Crippen molar-refractivity contribution in [2.45, 2.75) is 65.2 Å². The lowest BCUT2D eigenvalue weighted by molar-refractivity contribution is -0.145. The van der Waals surface area contributed by atoms with E-state index in [0.29, 0.717) is 31.0 Å². The number of nitrogens with zero attached hydrogens (tertiary/aromatic N) is 3. The first-order chi connectivity index (χ1) is 12.4. The fourth-order valence-corrected chi connectivity index (χ4v) is 3.13. The molecule has 0 saturated carbocycles. The molecule has 0 unspecified atom stereocenters. The van der Waals surface area contributed by atoms with E-state index < -0.39 is 17.6 Å². The third kappa shape index (κ3) is 5.97. The van der Waals surface area contributed by atoms with Gasteiger partial charge in [0.25, 0.3) is 0 Å². The quantitative estimate of drug-likeness (QED) is 0.847. The number of aryl methyl sites for hydroxylation is 1. The van der Waals surface area contributed by atoms with Gasteiger partial charge in [0.05, 0.1) is 0 Å². The Bertz CT molecular complexity index is 655. The van der Waals surface area contributed by atoms with Gasteiger partial charge in [0, 0.05) is 24.3 Å². The summed E-state index contributed by atoms with van der Waals surface area (Å²) in [6, 6.07) is 0. The number of ether oxygens (including phenoxy) is 1. The number of aromatic nitrogens is 2. The van der Waals surface area contributed by atoms with E-state index in [-0.39, 0.29) is 17.6 Å². The van der Waals surface area contributed by atoms with Gasteiger partial charge in [-0.3, -0.25) is 0 Å². The van der Waals surface area contributed by atoms with Crippen molar-refractivity contribution in [2.75, 3.05) is 18.8 Å². The van der Waals surface area contributed by atoms with Crippen molar-refractivity contribution < 1.29 is 22.7 Å². The van der Waals surface area contributed by atoms with E-state index in [1.165, 1.54) is 6.92 Å². The molecule has 1 aliphatic rings. The lowest BCUT2D eigenvalue weighted by Gasteiger charge is -2.33. The number of alkyl halides is 3. The summed E-state index contributed by atoms with van der Waals surface area (Å²) >= 11 is 0. The standard InChI is InChI=1S/C18H27F3N4O2/c1-11-13(14(22)24-15(23-11)18(19,20)21)6-5-12-7-9-25(10-8-12)16(26)27-17(2,3)4/h12H,5-10H2,1-4H3,(H2,22,23,24). The van der Waals surface area contributed by atoms with Crippen LogP contribution in [0.5, 0.6) is 0 Å². The van der Waals surface area contributed by atoms with E-state index in [9.17, 15) is 18.0 Å². The second kappa shape index (κ2) is 7.90. The normalized spacial score (nSPS) is 16.5. The molecule has 1 aliphatic heterocycles. The van der Waals surface area contributed by atoms with E-state index in [4.69, 9.17) is 10.5 Å². The number of piperidine rings is 1. The number of carbonyl (C=O) groups excluding carboxylic acids is 1.